The van der Waals surface area contributed by atoms with Crippen LogP contribution in [0.2, 0.25) is 5.15 Å². The van der Waals surface area contributed by atoms with Gasteiger partial charge < -0.3 is 9.84 Å². The number of nitrogens with zero attached hydrogens (tertiary/aromatic N) is 2. The van der Waals surface area contributed by atoms with Crippen molar-refractivity contribution in [3.05, 3.63) is 64.9 Å². The molecule has 1 aliphatic rings. The molecule has 2 heterocycles. The Morgan fingerprint density at radius 3 is 2.76 bits per heavy atom. The molecule has 1 unspecified atom stereocenters. The zero-order chi connectivity index (χ0) is 17.8. The number of carbonyl (C=O) groups is 2. The minimum absolute atomic E-state index is 0.0804. The highest BCUT2D eigenvalue weighted by Gasteiger charge is 2.43. The van der Waals surface area contributed by atoms with E-state index in [1.807, 2.05) is 30.3 Å². The van der Waals surface area contributed by atoms with Crippen LogP contribution < -0.4 is 0 Å². The Morgan fingerprint density at radius 2 is 2.08 bits per heavy atom. The first-order chi connectivity index (χ1) is 12.1. The van der Waals surface area contributed by atoms with Crippen LogP contribution in [0.4, 0.5) is 4.79 Å². The molecule has 130 valence electrons. The molecule has 1 aromatic carbocycles. The van der Waals surface area contributed by atoms with Crippen molar-refractivity contribution in [2.24, 2.45) is 0 Å². The minimum Gasteiger partial charge on any atom is -0.480 e. The van der Waals surface area contributed by atoms with Gasteiger partial charge >= 0.3 is 12.1 Å². The number of aliphatic carboxylic acids is 1. The molecule has 8 heteroatoms. The number of hydrogen-bond acceptors (Lipinski definition) is 5. The number of carboxylic acids is 1. The summed E-state index contributed by atoms with van der Waals surface area (Å²) in [6, 6.07) is 11.6. The maximum absolute atomic E-state index is 12.6. The Kier molecular flexibility index (Phi) is 5.45. The Balaban J connectivity index is 1.79. The van der Waals surface area contributed by atoms with Gasteiger partial charge in [-0.3, -0.25) is 4.90 Å². The standard InChI is InChI=1S/C17H15ClN2O4S/c18-14-8-12(6-7-19-14)15-20(13(10-25-15)16(21)22)17(23)24-9-11-4-2-1-3-5-11/h1-8,13,15H,9-10H2,(H,21,22)/t13?,15-/m1/s1. The maximum atomic E-state index is 12.6. The number of rotatable bonds is 4. The van der Waals surface area contributed by atoms with E-state index in [2.05, 4.69) is 4.98 Å². The van der Waals surface area contributed by atoms with Crippen molar-refractivity contribution >= 4 is 35.4 Å². The third-order valence-electron chi connectivity index (χ3n) is 3.74. The number of benzene rings is 1. The van der Waals surface area contributed by atoms with E-state index in [9.17, 15) is 14.7 Å². The van der Waals surface area contributed by atoms with Crippen molar-refractivity contribution in [2.45, 2.75) is 18.0 Å². The van der Waals surface area contributed by atoms with Crippen LogP contribution in [0.3, 0.4) is 0 Å². The van der Waals surface area contributed by atoms with Gasteiger partial charge in [0.25, 0.3) is 0 Å². The number of thioether (sulfide) groups is 1. The van der Waals surface area contributed by atoms with Crippen LogP contribution in [0.5, 0.6) is 0 Å². The van der Waals surface area contributed by atoms with Gasteiger partial charge in [0, 0.05) is 11.9 Å². The van der Waals surface area contributed by atoms with E-state index in [1.54, 1.807) is 12.1 Å². The van der Waals surface area contributed by atoms with Gasteiger partial charge in [0.2, 0.25) is 0 Å². The number of carbonyl (C=O) groups excluding carboxylic acids is 1. The van der Waals surface area contributed by atoms with Crippen molar-refractivity contribution in [1.29, 1.82) is 0 Å². The predicted octanol–water partition coefficient (Wildman–Crippen LogP) is 3.57. The maximum Gasteiger partial charge on any atom is 0.412 e. The molecule has 6 nitrogen and oxygen atoms in total. The number of amides is 1. The summed E-state index contributed by atoms with van der Waals surface area (Å²) in [5.74, 6) is -0.785. The van der Waals surface area contributed by atoms with Crippen molar-refractivity contribution in [3.63, 3.8) is 0 Å². The first-order valence-corrected chi connectivity index (χ1v) is 8.94. The first kappa shape index (κ1) is 17.6. The fraction of sp³-hybridized carbons (Fsp3) is 0.235. The van der Waals surface area contributed by atoms with Crippen LogP contribution in [0.1, 0.15) is 16.5 Å². The van der Waals surface area contributed by atoms with Gasteiger partial charge in [-0.15, -0.1) is 11.8 Å². The van der Waals surface area contributed by atoms with Crippen LogP contribution in [0.25, 0.3) is 0 Å². The molecule has 1 fully saturated rings. The Bertz CT molecular complexity index is 774. The average Bonchev–Trinajstić information content (AvgIpc) is 3.06. The molecule has 0 saturated carbocycles. The molecule has 1 saturated heterocycles. The lowest BCUT2D eigenvalue weighted by Gasteiger charge is -2.26. The summed E-state index contributed by atoms with van der Waals surface area (Å²) in [6.07, 6.45) is 0.860. The second-order valence-electron chi connectivity index (χ2n) is 5.40. The molecule has 2 atom stereocenters. The summed E-state index contributed by atoms with van der Waals surface area (Å²) >= 11 is 7.28. The SMILES string of the molecule is O=C(O)C1CS[C@H](c2ccnc(Cl)c2)N1C(=O)OCc1ccccc1. The lowest BCUT2D eigenvalue weighted by molar-refractivity contribution is -0.141. The molecule has 0 aliphatic carbocycles. The quantitative estimate of drug-likeness (QED) is 0.819. The van der Waals surface area contributed by atoms with Crippen LogP contribution in [-0.2, 0) is 16.1 Å². The highest BCUT2D eigenvalue weighted by molar-refractivity contribution is 7.99. The average molecular weight is 379 g/mol. The molecule has 1 amide bonds. The van der Waals surface area contributed by atoms with E-state index in [0.717, 1.165) is 5.56 Å². The Hall–Kier alpha value is -2.25. The fourth-order valence-corrected chi connectivity index (χ4v) is 4.12. The lowest BCUT2D eigenvalue weighted by atomic mass is 10.2. The molecule has 2 aromatic rings. The van der Waals surface area contributed by atoms with Gasteiger partial charge in [-0.1, -0.05) is 41.9 Å². The first-order valence-electron chi connectivity index (χ1n) is 7.51. The van der Waals surface area contributed by atoms with E-state index in [0.29, 0.717) is 5.56 Å². The molecule has 0 spiro atoms. The monoisotopic (exact) mass is 378 g/mol. The Labute approximate surface area is 153 Å². The minimum atomic E-state index is -1.06. The molecule has 1 aromatic heterocycles. The third kappa shape index (κ3) is 4.05. The van der Waals surface area contributed by atoms with Crippen molar-refractivity contribution < 1.29 is 19.4 Å². The smallest absolute Gasteiger partial charge is 0.412 e. The predicted molar refractivity (Wildman–Crippen MR) is 94.3 cm³/mol. The summed E-state index contributed by atoms with van der Waals surface area (Å²) in [7, 11) is 0. The molecule has 0 radical (unpaired) electrons. The molecular formula is C17H15ClN2O4S. The summed E-state index contributed by atoms with van der Waals surface area (Å²) in [5, 5.41) is 9.24. The van der Waals surface area contributed by atoms with Gasteiger partial charge in [-0.25, -0.2) is 14.6 Å². The van der Waals surface area contributed by atoms with Gasteiger partial charge in [-0.2, -0.15) is 0 Å². The lowest BCUT2D eigenvalue weighted by Crippen LogP contribution is -2.43. The van der Waals surface area contributed by atoms with Crippen LogP contribution in [-0.4, -0.2) is 38.8 Å². The van der Waals surface area contributed by atoms with Crippen LogP contribution in [0.15, 0.2) is 48.7 Å². The molecule has 1 N–H and O–H groups in total. The largest absolute Gasteiger partial charge is 0.480 e. The summed E-state index contributed by atoms with van der Waals surface area (Å²) in [4.78, 5) is 29.3. The van der Waals surface area contributed by atoms with E-state index < -0.39 is 23.5 Å². The van der Waals surface area contributed by atoms with Crippen molar-refractivity contribution in [1.82, 2.24) is 9.88 Å². The highest BCUT2D eigenvalue weighted by atomic mass is 35.5. The van der Waals surface area contributed by atoms with Gasteiger partial charge in [0.05, 0.1) is 0 Å². The summed E-state index contributed by atoms with van der Waals surface area (Å²) < 4.78 is 5.34. The number of hydrogen-bond donors (Lipinski definition) is 1. The van der Waals surface area contributed by atoms with Crippen LogP contribution >= 0.6 is 23.4 Å². The molecule has 25 heavy (non-hydrogen) atoms. The van der Waals surface area contributed by atoms with E-state index in [4.69, 9.17) is 16.3 Å². The van der Waals surface area contributed by atoms with Gasteiger partial charge in [0.1, 0.15) is 23.2 Å². The summed E-state index contributed by atoms with van der Waals surface area (Å²) in [5.41, 5.74) is 1.54. The van der Waals surface area contributed by atoms with E-state index in [1.165, 1.54) is 22.9 Å². The van der Waals surface area contributed by atoms with Crippen LogP contribution in [0, 0.1) is 0 Å². The van der Waals surface area contributed by atoms with Crippen molar-refractivity contribution in [3.8, 4) is 0 Å². The number of halogens is 1. The van der Waals surface area contributed by atoms with E-state index in [-0.39, 0.29) is 17.5 Å². The number of aromatic nitrogens is 1. The molecule has 0 bridgehead atoms. The molecular weight excluding hydrogens is 364 g/mol. The highest BCUT2D eigenvalue weighted by Crippen LogP contribution is 2.42. The zero-order valence-electron chi connectivity index (χ0n) is 13.0. The summed E-state index contributed by atoms with van der Waals surface area (Å²) in [6.45, 7) is 0.0804. The molecule has 1 aliphatic heterocycles. The Morgan fingerprint density at radius 1 is 1.32 bits per heavy atom. The number of ether oxygens (including phenoxy) is 1. The topological polar surface area (TPSA) is 79.7 Å². The van der Waals surface area contributed by atoms with Gasteiger partial charge in [0.15, 0.2) is 0 Å². The third-order valence-corrected chi connectivity index (χ3v) is 5.27. The second-order valence-corrected chi connectivity index (χ2v) is 6.90. The second kappa shape index (κ2) is 7.76. The fourth-order valence-electron chi connectivity index (χ4n) is 2.54. The van der Waals surface area contributed by atoms with Crippen molar-refractivity contribution in [2.75, 3.05) is 5.75 Å². The number of pyridine rings is 1. The zero-order valence-corrected chi connectivity index (χ0v) is 14.6. The van der Waals surface area contributed by atoms with E-state index >= 15 is 0 Å². The molecule has 3 rings (SSSR count). The normalized spacial score (nSPS) is 19.6. The number of carboxylic acid groups (broad SMARTS) is 1. The van der Waals surface area contributed by atoms with Gasteiger partial charge in [-0.05, 0) is 23.3 Å².